The summed E-state index contributed by atoms with van der Waals surface area (Å²) in [6, 6.07) is 43.9. The molecular weight excluding hydrogens is 528 g/mol. The fourth-order valence-electron chi connectivity index (χ4n) is 6.39. The Bertz CT molecular complexity index is 2430. The van der Waals surface area contributed by atoms with Crippen LogP contribution < -0.4 is 0 Å². The molecule has 43 heavy (non-hydrogen) atoms. The number of para-hydroxylation sites is 3. The van der Waals surface area contributed by atoms with E-state index in [1.54, 1.807) is 0 Å². The number of hydrogen-bond donors (Lipinski definition) is 0. The molecule has 0 radical (unpaired) electrons. The lowest BCUT2D eigenvalue weighted by atomic mass is 10.1. The van der Waals surface area contributed by atoms with Crippen LogP contribution in [0.1, 0.15) is 0 Å². The minimum absolute atomic E-state index is 0.795. The second kappa shape index (κ2) is 9.26. The van der Waals surface area contributed by atoms with Crippen molar-refractivity contribution in [1.29, 1.82) is 0 Å². The van der Waals surface area contributed by atoms with Gasteiger partial charge in [0.25, 0.3) is 0 Å². The first kappa shape index (κ1) is 23.7. The van der Waals surface area contributed by atoms with Gasteiger partial charge in [-0.1, -0.05) is 84.9 Å². The standard InChI is InChI=1S/C37H24N6/c1-4-13-25(14-5-1)32-24-40-37(42(32)27-17-8-3-9-18-27)43-30-20-11-10-19-28(30)34-36(43)35-29(23-39-34)33-31(21-12-22-38-33)41(35)26-15-6-2-7-16-26/h1-24H. The highest BCUT2D eigenvalue weighted by Crippen LogP contribution is 2.40. The lowest BCUT2D eigenvalue weighted by Crippen LogP contribution is -2.07. The monoisotopic (exact) mass is 552 g/mol. The van der Waals surface area contributed by atoms with Gasteiger partial charge in [0.1, 0.15) is 5.52 Å². The summed E-state index contributed by atoms with van der Waals surface area (Å²) in [5.74, 6) is 0.795. The fraction of sp³-hybridized carbons (Fsp3) is 0. The van der Waals surface area contributed by atoms with Crippen molar-refractivity contribution in [1.82, 2.24) is 28.7 Å². The molecule has 0 amide bonds. The molecule has 9 rings (SSSR count). The maximum absolute atomic E-state index is 5.15. The van der Waals surface area contributed by atoms with Crippen LogP contribution in [0.25, 0.3) is 72.5 Å². The Morgan fingerprint density at radius 2 is 1.07 bits per heavy atom. The molecule has 0 atom stereocenters. The van der Waals surface area contributed by atoms with Crippen LogP contribution in [0, 0.1) is 0 Å². The molecule has 202 valence electrons. The van der Waals surface area contributed by atoms with Gasteiger partial charge in [0.2, 0.25) is 5.95 Å². The van der Waals surface area contributed by atoms with Gasteiger partial charge in [-0.3, -0.25) is 19.1 Å². The minimum Gasteiger partial charge on any atom is -0.305 e. The molecule has 5 aromatic heterocycles. The number of benzene rings is 4. The number of aromatic nitrogens is 6. The summed E-state index contributed by atoms with van der Waals surface area (Å²) < 4.78 is 6.83. The zero-order valence-electron chi connectivity index (χ0n) is 23.0. The van der Waals surface area contributed by atoms with Gasteiger partial charge in [-0.2, -0.15) is 0 Å². The van der Waals surface area contributed by atoms with Gasteiger partial charge in [-0.25, -0.2) is 4.98 Å². The van der Waals surface area contributed by atoms with E-state index in [1.807, 2.05) is 42.9 Å². The Balaban J connectivity index is 1.51. The number of imidazole rings is 1. The Morgan fingerprint density at radius 3 is 1.84 bits per heavy atom. The summed E-state index contributed by atoms with van der Waals surface area (Å²) >= 11 is 0. The zero-order chi connectivity index (χ0) is 28.3. The van der Waals surface area contributed by atoms with Crippen molar-refractivity contribution in [3.05, 3.63) is 146 Å². The minimum atomic E-state index is 0.795. The molecule has 0 saturated carbocycles. The van der Waals surface area contributed by atoms with Crippen LogP contribution in [-0.2, 0) is 0 Å². The molecule has 0 fully saturated rings. The Labute approximate surface area is 246 Å². The number of hydrogen-bond acceptors (Lipinski definition) is 3. The summed E-state index contributed by atoms with van der Waals surface area (Å²) in [7, 11) is 0. The molecule has 0 N–H and O–H groups in total. The average molecular weight is 553 g/mol. The second-order valence-electron chi connectivity index (χ2n) is 10.6. The normalized spacial score (nSPS) is 11.7. The Hall–Kier alpha value is -6.01. The van der Waals surface area contributed by atoms with Gasteiger partial charge in [0.15, 0.2) is 0 Å². The van der Waals surface area contributed by atoms with Crippen LogP contribution >= 0.6 is 0 Å². The summed E-state index contributed by atoms with van der Waals surface area (Å²) in [6.45, 7) is 0. The molecule has 9 aromatic rings. The van der Waals surface area contributed by atoms with Crippen LogP contribution in [0.4, 0.5) is 0 Å². The zero-order valence-corrected chi connectivity index (χ0v) is 23.0. The van der Waals surface area contributed by atoms with Crippen molar-refractivity contribution >= 4 is 43.9 Å². The van der Waals surface area contributed by atoms with Crippen LogP contribution in [0.15, 0.2) is 146 Å². The quantitative estimate of drug-likeness (QED) is 0.220. The highest BCUT2D eigenvalue weighted by atomic mass is 15.3. The first-order valence-electron chi connectivity index (χ1n) is 14.3. The van der Waals surface area contributed by atoms with Gasteiger partial charge in [-0.15, -0.1) is 0 Å². The van der Waals surface area contributed by atoms with Gasteiger partial charge < -0.3 is 4.57 Å². The highest BCUT2D eigenvalue weighted by molar-refractivity contribution is 6.21. The van der Waals surface area contributed by atoms with Crippen LogP contribution in [0.2, 0.25) is 0 Å². The van der Waals surface area contributed by atoms with E-state index in [1.165, 1.54) is 0 Å². The topological polar surface area (TPSA) is 53.5 Å². The molecule has 0 aliphatic heterocycles. The van der Waals surface area contributed by atoms with Crippen LogP contribution in [-0.4, -0.2) is 28.7 Å². The smallest absolute Gasteiger partial charge is 0.220 e. The number of fused-ring (bicyclic) bond motifs is 7. The lowest BCUT2D eigenvalue weighted by Gasteiger charge is -2.15. The summed E-state index contributed by atoms with van der Waals surface area (Å²) in [4.78, 5) is 15.1. The van der Waals surface area contributed by atoms with Crippen molar-refractivity contribution in [3.8, 4) is 28.6 Å². The molecule has 5 heterocycles. The maximum atomic E-state index is 5.15. The van der Waals surface area contributed by atoms with E-state index in [2.05, 4.69) is 117 Å². The van der Waals surface area contributed by atoms with E-state index in [-0.39, 0.29) is 0 Å². The molecular formula is C37H24N6. The molecule has 0 aliphatic rings. The van der Waals surface area contributed by atoms with E-state index < -0.39 is 0 Å². The number of rotatable bonds is 4. The SMILES string of the molecule is c1ccc(-c2cnc(-n3c4ccccc4c4ncc5c6ncccc6n(-c6ccccc6)c5c43)n2-c2ccccc2)cc1. The molecule has 0 saturated heterocycles. The molecule has 0 spiro atoms. The van der Waals surface area contributed by atoms with Gasteiger partial charge in [-0.05, 0) is 42.5 Å². The fourth-order valence-corrected chi connectivity index (χ4v) is 6.39. The summed E-state index contributed by atoms with van der Waals surface area (Å²) in [6.07, 6.45) is 5.80. The highest BCUT2D eigenvalue weighted by Gasteiger charge is 2.25. The van der Waals surface area contributed by atoms with E-state index in [9.17, 15) is 0 Å². The van der Waals surface area contributed by atoms with E-state index in [0.29, 0.717) is 0 Å². The summed E-state index contributed by atoms with van der Waals surface area (Å²) in [5.41, 5.74) is 10.2. The molecule has 0 unspecified atom stereocenters. The largest absolute Gasteiger partial charge is 0.305 e. The third-order valence-corrected chi connectivity index (χ3v) is 8.20. The lowest BCUT2D eigenvalue weighted by molar-refractivity contribution is 0.941. The van der Waals surface area contributed by atoms with Crippen molar-refractivity contribution in [2.45, 2.75) is 0 Å². The van der Waals surface area contributed by atoms with E-state index in [0.717, 1.165) is 72.5 Å². The third-order valence-electron chi connectivity index (χ3n) is 8.20. The first-order chi connectivity index (χ1) is 21.4. The van der Waals surface area contributed by atoms with Crippen molar-refractivity contribution < 1.29 is 0 Å². The molecule has 6 nitrogen and oxygen atoms in total. The van der Waals surface area contributed by atoms with E-state index in [4.69, 9.17) is 15.0 Å². The van der Waals surface area contributed by atoms with Crippen molar-refractivity contribution in [2.75, 3.05) is 0 Å². The molecule has 0 aliphatic carbocycles. The van der Waals surface area contributed by atoms with Gasteiger partial charge in [0.05, 0.1) is 39.5 Å². The first-order valence-corrected chi connectivity index (χ1v) is 14.3. The summed E-state index contributed by atoms with van der Waals surface area (Å²) in [5, 5.41) is 2.07. The number of pyridine rings is 2. The van der Waals surface area contributed by atoms with E-state index >= 15 is 0 Å². The molecule has 0 bridgehead atoms. The predicted octanol–water partition coefficient (Wildman–Crippen LogP) is 8.52. The van der Waals surface area contributed by atoms with Crippen molar-refractivity contribution in [3.63, 3.8) is 0 Å². The van der Waals surface area contributed by atoms with Crippen LogP contribution in [0.3, 0.4) is 0 Å². The van der Waals surface area contributed by atoms with Gasteiger partial charge >= 0.3 is 0 Å². The van der Waals surface area contributed by atoms with Crippen LogP contribution in [0.5, 0.6) is 0 Å². The molecule has 4 aromatic carbocycles. The molecule has 6 heteroatoms. The van der Waals surface area contributed by atoms with Crippen molar-refractivity contribution in [2.24, 2.45) is 0 Å². The Morgan fingerprint density at radius 1 is 0.419 bits per heavy atom. The maximum Gasteiger partial charge on any atom is 0.220 e. The second-order valence-corrected chi connectivity index (χ2v) is 10.6. The number of nitrogens with zero attached hydrogens (tertiary/aromatic N) is 6. The predicted molar refractivity (Wildman–Crippen MR) is 173 cm³/mol. The average Bonchev–Trinajstić information content (AvgIpc) is 3.76. The Kier molecular flexibility index (Phi) is 5.10. The van der Waals surface area contributed by atoms with Gasteiger partial charge in [0, 0.05) is 40.1 Å². The third kappa shape index (κ3) is 3.44.